The highest BCUT2D eigenvalue weighted by molar-refractivity contribution is 8.00. The summed E-state index contributed by atoms with van der Waals surface area (Å²) in [5.41, 5.74) is 2.19. The van der Waals surface area contributed by atoms with Crippen molar-refractivity contribution in [1.82, 2.24) is 15.3 Å². The maximum absolute atomic E-state index is 13.0. The molecule has 36 heavy (non-hydrogen) atoms. The van der Waals surface area contributed by atoms with Crippen LogP contribution in [-0.4, -0.2) is 44.8 Å². The van der Waals surface area contributed by atoms with Gasteiger partial charge >= 0.3 is 0 Å². The maximum Gasteiger partial charge on any atom is 0.235 e. The number of aromatic nitrogens is 2. The Labute approximate surface area is 218 Å². The number of carbonyl (C=O) groups excluding carboxylic acids is 2. The van der Waals surface area contributed by atoms with Crippen LogP contribution in [0.2, 0.25) is 0 Å². The van der Waals surface area contributed by atoms with Gasteiger partial charge in [0.25, 0.3) is 0 Å². The van der Waals surface area contributed by atoms with Gasteiger partial charge in [0.2, 0.25) is 11.8 Å². The average molecular weight is 525 g/mol. The third-order valence-corrected chi connectivity index (χ3v) is 7.40. The molecule has 186 valence electrons. The number of halogens is 1. The second kappa shape index (κ2) is 11.2. The fraction of sp³-hybridized carbons (Fsp3) is 0.320. The van der Waals surface area contributed by atoms with Crippen molar-refractivity contribution in [1.29, 1.82) is 5.26 Å². The molecule has 3 atom stereocenters. The highest BCUT2D eigenvalue weighted by Crippen LogP contribution is 2.31. The van der Waals surface area contributed by atoms with E-state index in [-0.39, 0.29) is 41.9 Å². The molecule has 0 unspecified atom stereocenters. The number of thioether (sulfide) groups is 1. The van der Waals surface area contributed by atoms with Crippen LogP contribution < -0.4 is 16.0 Å². The van der Waals surface area contributed by atoms with Crippen molar-refractivity contribution >= 4 is 58.4 Å². The van der Waals surface area contributed by atoms with Gasteiger partial charge in [0.15, 0.2) is 0 Å². The molecule has 1 aliphatic heterocycles. The zero-order valence-electron chi connectivity index (χ0n) is 19.2. The van der Waals surface area contributed by atoms with Crippen molar-refractivity contribution in [3.63, 3.8) is 0 Å². The number of benzene rings is 1. The summed E-state index contributed by atoms with van der Waals surface area (Å²) in [5.74, 6) is 0.427. The normalized spacial score (nSPS) is 21.0. The maximum atomic E-state index is 13.0. The smallest absolute Gasteiger partial charge is 0.235 e. The molecular weight excluding hydrogens is 500 g/mol. The first-order valence-corrected chi connectivity index (χ1v) is 12.4. The molecule has 0 spiro atoms. The number of hydrogen-bond acceptors (Lipinski definition) is 8. The molecule has 1 aliphatic carbocycles. The molecule has 5 rings (SSSR count). The topological polar surface area (TPSA) is 140 Å². The lowest BCUT2D eigenvalue weighted by atomic mass is 9.83. The lowest BCUT2D eigenvalue weighted by Crippen LogP contribution is -2.46. The van der Waals surface area contributed by atoms with E-state index in [0.29, 0.717) is 48.6 Å². The highest BCUT2D eigenvalue weighted by Gasteiger charge is 2.33. The van der Waals surface area contributed by atoms with Gasteiger partial charge < -0.3 is 21.1 Å². The molecule has 2 aromatic heterocycles. The lowest BCUT2D eigenvalue weighted by molar-refractivity contribution is -0.122. The van der Waals surface area contributed by atoms with E-state index in [9.17, 15) is 14.7 Å². The Bertz CT molecular complexity index is 1350. The van der Waals surface area contributed by atoms with Gasteiger partial charge in [-0.2, -0.15) is 5.26 Å². The zero-order valence-corrected chi connectivity index (χ0v) is 20.9. The number of nitrogens with one attached hydrogen (secondary N) is 3. The summed E-state index contributed by atoms with van der Waals surface area (Å²) in [6.07, 6.45) is 0.939. The van der Waals surface area contributed by atoms with E-state index < -0.39 is 6.10 Å². The van der Waals surface area contributed by atoms with Gasteiger partial charge in [-0.05, 0) is 49.6 Å². The van der Waals surface area contributed by atoms with E-state index >= 15 is 0 Å². The summed E-state index contributed by atoms with van der Waals surface area (Å²) in [4.78, 5) is 34.4. The second-order valence-electron chi connectivity index (χ2n) is 8.73. The van der Waals surface area contributed by atoms with E-state index in [1.54, 1.807) is 18.2 Å². The minimum absolute atomic E-state index is 0. The Hall–Kier alpha value is -3.23. The Morgan fingerprint density at radius 1 is 1.19 bits per heavy atom. The molecule has 11 heteroatoms. The fourth-order valence-corrected chi connectivity index (χ4v) is 5.26. The van der Waals surface area contributed by atoms with Crippen LogP contribution in [-0.2, 0) is 16.1 Å². The molecule has 2 aliphatic rings. The zero-order chi connectivity index (χ0) is 24.4. The number of carbonyl (C=O) groups is 2. The molecule has 2 amide bonds. The van der Waals surface area contributed by atoms with Crippen molar-refractivity contribution < 1.29 is 14.7 Å². The van der Waals surface area contributed by atoms with Crippen LogP contribution in [0.4, 0.5) is 11.5 Å². The van der Waals surface area contributed by atoms with Crippen LogP contribution in [0.15, 0.2) is 47.4 Å². The molecule has 1 aromatic carbocycles. The van der Waals surface area contributed by atoms with Crippen LogP contribution in [0.1, 0.15) is 30.7 Å². The number of aliphatic hydroxyl groups excluding tert-OH is 1. The lowest BCUT2D eigenvalue weighted by Gasteiger charge is -2.33. The van der Waals surface area contributed by atoms with Gasteiger partial charge in [-0.25, -0.2) is 9.97 Å². The fourth-order valence-electron chi connectivity index (χ4n) is 4.51. The number of nitriles is 1. The van der Waals surface area contributed by atoms with E-state index in [1.165, 1.54) is 11.8 Å². The number of nitrogens with zero attached hydrogens (tertiary/aromatic N) is 3. The first kappa shape index (κ1) is 25.9. The van der Waals surface area contributed by atoms with E-state index in [2.05, 4.69) is 25.9 Å². The molecule has 3 aromatic rings. The quantitative estimate of drug-likeness (QED) is 0.399. The Kier molecular flexibility index (Phi) is 8.06. The number of para-hydroxylation sites is 1. The summed E-state index contributed by atoms with van der Waals surface area (Å²) >= 11 is 1.47. The van der Waals surface area contributed by atoms with Gasteiger partial charge in [0, 0.05) is 23.9 Å². The van der Waals surface area contributed by atoms with E-state index in [1.807, 2.05) is 30.3 Å². The molecular formula is C25H25ClN6O3S. The summed E-state index contributed by atoms with van der Waals surface area (Å²) in [7, 11) is 0. The third-order valence-electron chi connectivity index (χ3n) is 6.36. The van der Waals surface area contributed by atoms with Crippen molar-refractivity contribution in [3.05, 3.63) is 53.9 Å². The highest BCUT2D eigenvalue weighted by atomic mass is 35.5. The number of hydrogen-bond donors (Lipinski definition) is 4. The average Bonchev–Trinajstić information content (AvgIpc) is 2.87. The summed E-state index contributed by atoms with van der Waals surface area (Å²) in [6.45, 7) is 0.454. The molecule has 0 radical (unpaired) electrons. The first-order chi connectivity index (χ1) is 17.0. The molecule has 9 nitrogen and oxygen atoms in total. The minimum Gasteiger partial charge on any atom is -0.391 e. The Morgan fingerprint density at radius 2 is 2.06 bits per heavy atom. The second-order valence-corrected chi connectivity index (χ2v) is 9.74. The Morgan fingerprint density at radius 3 is 2.86 bits per heavy atom. The van der Waals surface area contributed by atoms with Crippen molar-refractivity contribution in [2.75, 3.05) is 16.4 Å². The monoisotopic (exact) mass is 524 g/mol. The number of rotatable bonds is 5. The van der Waals surface area contributed by atoms with Crippen molar-refractivity contribution in [2.45, 2.75) is 42.8 Å². The van der Waals surface area contributed by atoms with Crippen LogP contribution in [0.25, 0.3) is 10.9 Å². The summed E-state index contributed by atoms with van der Waals surface area (Å²) < 4.78 is 0. The largest absolute Gasteiger partial charge is 0.391 e. The van der Waals surface area contributed by atoms with Gasteiger partial charge in [0.1, 0.15) is 17.6 Å². The predicted molar refractivity (Wildman–Crippen MR) is 140 cm³/mol. The van der Waals surface area contributed by atoms with Crippen molar-refractivity contribution in [2.24, 2.45) is 5.92 Å². The number of anilines is 2. The number of pyridine rings is 2. The van der Waals surface area contributed by atoms with Gasteiger partial charge in [-0.1, -0.05) is 12.1 Å². The number of fused-ring (bicyclic) bond motifs is 2. The third kappa shape index (κ3) is 5.60. The van der Waals surface area contributed by atoms with Crippen LogP contribution in [0.5, 0.6) is 0 Å². The van der Waals surface area contributed by atoms with Crippen LogP contribution in [0.3, 0.4) is 0 Å². The number of amides is 2. The van der Waals surface area contributed by atoms with E-state index in [0.717, 1.165) is 16.0 Å². The molecule has 3 heterocycles. The number of aliphatic hydroxyl groups is 1. The molecule has 0 bridgehead atoms. The first-order valence-electron chi connectivity index (χ1n) is 11.4. The molecule has 1 saturated carbocycles. The van der Waals surface area contributed by atoms with Gasteiger partial charge in [-0.3, -0.25) is 9.59 Å². The van der Waals surface area contributed by atoms with Crippen molar-refractivity contribution in [3.8, 4) is 6.07 Å². The SMILES string of the molecule is Cl.N#Cc1ccc2cccc(NC(=O)[C@H]3CC[C@H](NCc4ccc5c(n4)NC(=O)CS5)[C@H](O)C3)c2n1. The molecule has 1 fully saturated rings. The molecule has 0 saturated heterocycles. The summed E-state index contributed by atoms with van der Waals surface area (Å²) in [5, 5.41) is 29.8. The van der Waals surface area contributed by atoms with E-state index in [4.69, 9.17) is 5.26 Å². The molecule has 4 N–H and O–H groups in total. The summed E-state index contributed by atoms with van der Waals surface area (Å²) in [6, 6.07) is 14.7. The van der Waals surface area contributed by atoms with Crippen LogP contribution >= 0.6 is 24.2 Å². The predicted octanol–water partition coefficient (Wildman–Crippen LogP) is 3.23. The Balaban J connectivity index is 0.00000304. The minimum atomic E-state index is -0.678. The van der Waals surface area contributed by atoms with Crippen LogP contribution in [0, 0.1) is 17.2 Å². The van der Waals surface area contributed by atoms with Gasteiger partial charge in [0.05, 0.1) is 33.7 Å². The van der Waals surface area contributed by atoms with Gasteiger partial charge in [-0.15, -0.1) is 24.2 Å². The standard InChI is InChI=1S/C25H24N6O3S.ClH/c26-11-16-6-4-14-2-1-3-19(23(14)28-16)30-25(34)15-5-8-18(20(32)10-15)27-12-17-7-9-21-24(29-17)31-22(33)13-35-21;/h1-4,6-7,9,15,18,20,27,32H,5,8,10,12-13H2,(H,30,34)(H,29,31,33);1H/t15-,18-,20+;/m0./s1.